The van der Waals surface area contributed by atoms with Crippen LogP contribution in [0.2, 0.25) is 5.02 Å². The van der Waals surface area contributed by atoms with Gasteiger partial charge >= 0.3 is 12.1 Å². The topological polar surface area (TPSA) is 75.6 Å². The minimum atomic E-state index is -3.39. The van der Waals surface area contributed by atoms with E-state index in [9.17, 15) is 23.5 Å². The first-order valence-electron chi connectivity index (χ1n) is 6.80. The van der Waals surface area contributed by atoms with Gasteiger partial charge in [0.25, 0.3) is 5.92 Å². The van der Waals surface area contributed by atoms with Crippen LogP contribution in [0.1, 0.15) is 32.8 Å². The first-order chi connectivity index (χ1) is 10.4. The van der Waals surface area contributed by atoms with E-state index in [1.54, 1.807) is 20.8 Å². The van der Waals surface area contributed by atoms with Crippen molar-refractivity contribution < 1.29 is 28.2 Å². The fourth-order valence-corrected chi connectivity index (χ4v) is 2.51. The third-order valence-electron chi connectivity index (χ3n) is 3.43. The van der Waals surface area contributed by atoms with Crippen LogP contribution < -0.4 is 5.32 Å². The Bertz CT molecular complexity index is 672. The van der Waals surface area contributed by atoms with Crippen molar-refractivity contribution in [2.75, 3.05) is 5.32 Å². The van der Waals surface area contributed by atoms with E-state index in [4.69, 9.17) is 16.3 Å². The summed E-state index contributed by atoms with van der Waals surface area (Å²) in [5.74, 6) is -5.05. The number of nitrogens with one attached hydrogen (secondary N) is 1. The third-order valence-corrected chi connectivity index (χ3v) is 3.66. The molecule has 1 saturated carbocycles. The number of rotatable bonds is 3. The van der Waals surface area contributed by atoms with E-state index >= 15 is 0 Å². The van der Waals surface area contributed by atoms with Crippen molar-refractivity contribution >= 4 is 29.4 Å². The van der Waals surface area contributed by atoms with Crippen LogP contribution in [-0.2, 0) is 14.9 Å². The number of amides is 1. The van der Waals surface area contributed by atoms with E-state index in [-0.39, 0.29) is 16.3 Å². The zero-order valence-corrected chi connectivity index (χ0v) is 13.5. The van der Waals surface area contributed by atoms with Crippen LogP contribution in [0, 0.1) is 0 Å². The highest BCUT2D eigenvalue weighted by atomic mass is 35.5. The lowest BCUT2D eigenvalue weighted by Crippen LogP contribution is -2.31. The minimum Gasteiger partial charge on any atom is -0.480 e. The molecule has 0 spiro atoms. The number of carboxylic acid groups (broad SMARTS) is 1. The molecule has 2 rings (SSSR count). The van der Waals surface area contributed by atoms with E-state index in [0.717, 1.165) is 0 Å². The van der Waals surface area contributed by atoms with Crippen molar-refractivity contribution in [1.82, 2.24) is 0 Å². The number of hydrogen-bond donors (Lipinski definition) is 2. The largest absolute Gasteiger partial charge is 0.480 e. The fraction of sp³-hybridized carbons (Fsp3) is 0.467. The molecule has 0 heterocycles. The molecule has 0 saturated heterocycles. The number of ether oxygens (including phenoxy) is 1. The van der Waals surface area contributed by atoms with Crippen LogP contribution >= 0.6 is 11.6 Å². The smallest absolute Gasteiger partial charge is 0.412 e. The van der Waals surface area contributed by atoms with Crippen molar-refractivity contribution in [3.05, 3.63) is 28.8 Å². The summed E-state index contributed by atoms with van der Waals surface area (Å²) < 4.78 is 32.5. The summed E-state index contributed by atoms with van der Waals surface area (Å²) in [6.07, 6.45) is -1.72. The molecule has 0 aliphatic heterocycles. The number of hydrogen-bond acceptors (Lipinski definition) is 3. The first-order valence-corrected chi connectivity index (χ1v) is 7.18. The molecule has 1 unspecified atom stereocenters. The van der Waals surface area contributed by atoms with Gasteiger partial charge in [-0.05, 0) is 38.5 Å². The summed E-state index contributed by atoms with van der Waals surface area (Å²) in [4.78, 5) is 23.3. The lowest BCUT2D eigenvalue weighted by atomic mass is 9.93. The van der Waals surface area contributed by atoms with E-state index in [0.29, 0.717) is 0 Å². The van der Waals surface area contributed by atoms with Gasteiger partial charge in [-0.1, -0.05) is 17.7 Å². The van der Waals surface area contributed by atoms with E-state index in [2.05, 4.69) is 5.32 Å². The lowest BCUT2D eigenvalue weighted by molar-refractivity contribution is -0.142. The van der Waals surface area contributed by atoms with Gasteiger partial charge in [0.15, 0.2) is 5.41 Å². The average Bonchev–Trinajstić information content (AvgIpc) is 2.91. The number of benzene rings is 1. The second-order valence-corrected chi connectivity index (χ2v) is 6.84. The minimum absolute atomic E-state index is 0.105. The normalized spacial score (nSPS) is 22.3. The number of carbonyl (C=O) groups is 2. The molecular weight excluding hydrogens is 332 g/mol. The maximum absolute atomic E-state index is 13.7. The fourth-order valence-electron chi connectivity index (χ4n) is 2.33. The number of aliphatic carboxylic acids is 1. The molecule has 0 aromatic heterocycles. The van der Waals surface area contributed by atoms with Crippen LogP contribution in [0.25, 0.3) is 0 Å². The van der Waals surface area contributed by atoms with Crippen molar-refractivity contribution in [2.45, 2.75) is 44.1 Å². The molecule has 0 radical (unpaired) electrons. The van der Waals surface area contributed by atoms with Crippen LogP contribution in [0.3, 0.4) is 0 Å². The molecule has 1 amide bonds. The standard InChI is InChI=1S/C15H16ClF2NO4/c1-13(2,3)23-12(22)19-10-6-8(16)4-5-9(10)14(11(20)21)7-15(14,17)18/h4-6H,7H2,1-3H3,(H,19,22)(H,20,21). The summed E-state index contributed by atoms with van der Waals surface area (Å²) in [5.41, 5.74) is -3.46. The summed E-state index contributed by atoms with van der Waals surface area (Å²) in [7, 11) is 0. The SMILES string of the molecule is CC(C)(C)OC(=O)Nc1cc(Cl)ccc1C1(C(=O)O)CC1(F)F. The average molecular weight is 348 g/mol. The molecule has 1 aromatic carbocycles. The van der Waals surface area contributed by atoms with Gasteiger partial charge in [0.1, 0.15) is 5.60 Å². The molecule has 8 heteroatoms. The molecule has 1 aliphatic rings. The Morgan fingerprint density at radius 2 is 1.91 bits per heavy atom. The highest BCUT2D eigenvalue weighted by Crippen LogP contribution is 2.63. The number of carboxylic acids is 1. The second-order valence-electron chi connectivity index (χ2n) is 6.41. The monoisotopic (exact) mass is 347 g/mol. The number of halogens is 3. The van der Waals surface area contributed by atoms with Crippen molar-refractivity contribution in [2.24, 2.45) is 0 Å². The van der Waals surface area contributed by atoms with Gasteiger partial charge < -0.3 is 9.84 Å². The van der Waals surface area contributed by atoms with Crippen molar-refractivity contribution in [3.8, 4) is 0 Å². The van der Waals surface area contributed by atoms with Crippen molar-refractivity contribution in [3.63, 3.8) is 0 Å². The first kappa shape index (κ1) is 17.5. The van der Waals surface area contributed by atoms with Gasteiger partial charge in [-0.15, -0.1) is 0 Å². The van der Waals surface area contributed by atoms with E-state index in [1.807, 2.05) is 0 Å². The molecular formula is C15H16ClF2NO4. The molecule has 1 atom stereocenters. The van der Waals surface area contributed by atoms with E-state index < -0.39 is 35.4 Å². The van der Waals surface area contributed by atoms with Gasteiger partial charge in [0.2, 0.25) is 0 Å². The molecule has 5 nitrogen and oxygen atoms in total. The molecule has 1 fully saturated rings. The molecule has 23 heavy (non-hydrogen) atoms. The Hall–Kier alpha value is -1.89. The van der Waals surface area contributed by atoms with Gasteiger partial charge in [0, 0.05) is 11.4 Å². The number of carbonyl (C=O) groups excluding carboxylic acids is 1. The zero-order chi connectivity index (χ0) is 17.6. The number of anilines is 1. The summed E-state index contributed by atoms with van der Waals surface area (Å²) in [6.45, 7) is 4.91. The zero-order valence-electron chi connectivity index (χ0n) is 12.7. The molecule has 1 aliphatic carbocycles. The quantitative estimate of drug-likeness (QED) is 0.865. The van der Waals surface area contributed by atoms with E-state index in [1.165, 1.54) is 18.2 Å². The Morgan fingerprint density at radius 1 is 1.35 bits per heavy atom. The van der Waals surface area contributed by atoms with Gasteiger partial charge in [-0.3, -0.25) is 10.1 Å². The highest BCUT2D eigenvalue weighted by Gasteiger charge is 2.78. The van der Waals surface area contributed by atoms with Crippen LogP contribution in [0.5, 0.6) is 0 Å². The molecule has 126 valence electrons. The predicted octanol–water partition coefficient (Wildman–Crippen LogP) is 4.05. The molecule has 2 N–H and O–H groups in total. The maximum Gasteiger partial charge on any atom is 0.412 e. The number of alkyl halides is 2. The van der Waals surface area contributed by atoms with Crippen LogP contribution in [0.4, 0.5) is 19.3 Å². The van der Waals surface area contributed by atoms with Gasteiger partial charge in [-0.2, -0.15) is 0 Å². The van der Waals surface area contributed by atoms with Crippen LogP contribution in [-0.4, -0.2) is 28.7 Å². The maximum atomic E-state index is 13.7. The third kappa shape index (κ3) is 3.24. The lowest BCUT2D eigenvalue weighted by Gasteiger charge is -2.22. The summed E-state index contributed by atoms with van der Waals surface area (Å²) in [6, 6.07) is 3.71. The van der Waals surface area contributed by atoms with Gasteiger partial charge in [0.05, 0.1) is 5.69 Å². The summed E-state index contributed by atoms with van der Waals surface area (Å²) >= 11 is 5.83. The predicted molar refractivity (Wildman–Crippen MR) is 80.2 cm³/mol. The Balaban J connectivity index is 2.40. The molecule has 1 aromatic rings. The van der Waals surface area contributed by atoms with Gasteiger partial charge in [-0.25, -0.2) is 13.6 Å². The highest BCUT2D eigenvalue weighted by molar-refractivity contribution is 6.31. The summed E-state index contributed by atoms with van der Waals surface area (Å²) in [5, 5.41) is 11.7. The molecule has 0 bridgehead atoms. The Kier molecular flexibility index (Phi) is 4.05. The Labute approximate surface area is 136 Å². The van der Waals surface area contributed by atoms with Crippen molar-refractivity contribution in [1.29, 1.82) is 0 Å². The Morgan fingerprint density at radius 3 is 2.35 bits per heavy atom. The van der Waals surface area contributed by atoms with Crippen LogP contribution in [0.15, 0.2) is 18.2 Å². The second kappa shape index (κ2) is 5.33.